The van der Waals surface area contributed by atoms with E-state index in [9.17, 15) is 0 Å². The average Bonchev–Trinajstić information content (AvgIpc) is 2.68. The van der Waals surface area contributed by atoms with Crippen LogP contribution in [0.2, 0.25) is 0 Å². The molecule has 1 aliphatic rings. The van der Waals surface area contributed by atoms with Crippen molar-refractivity contribution < 1.29 is 13.4 Å². The Kier molecular flexibility index (Phi) is 1.54. The van der Waals surface area contributed by atoms with E-state index in [1.165, 1.54) is 6.20 Å². The van der Waals surface area contributed by atoms with Crippen molar-refractivity contribution in [2.45, 2.75) is 38.9 Å². The molecule has 0 aromatic carbocycles. The molecule has 1 fully saturated rings. The van der Waals surface area contributed by atoms with Crippen LogP contribution in [0.25, 0.3) is 0 Å². The van der Waals surface area contributed by atoms with E-state index in [0.717, 1.165) is 4.68 Å². The van der Waals surface area contributed by atoms with Crippen LogP contribution < -0.4 is 5.59 Å². The largest absolute Gasteiger partial charge is 0.514 e. The molecule has 2 rings (SSSR count). The Bertz CT molecular complexity index is 440. The lowest BCUT2D eigenvalue weighted by Gasteiger charge is -2.32. The van der Waals surface area contributed by atoms with Gasteiger partial charge in [0.25, 0.3) is 0 Å². The van der Waals surface area contributed by atoms with Crippen LogP contribution in [0.5, 0.6) is 0 Å². The zero-order valence-corrected chi connectivity index (χ0v) is 9.44. The molecular formula is C10H17BN2O2. The Morgan fingerprint density at radius 2 is 1.93 bits per heavy atom. The molecule has 0 radical (unpaired) electrons. The molecule has 0 spiro atoms. The minimum atomic E-state index is -2.33. The molecule has 0 amide bonds. The molecule has 0 saturated carbocycles. The lowest BCUT2D eigenvalue weighted by Crippen LogP contribution is -2.41. The summed E-state index contributed by atoms with van der Waals surface area (Å²) < 4.78 is 34.8. The monoisotopic (exact) mass is 211 g/mol. The van der Waals surface area contributed by atoms with Gasteiger partial charge in [-0.3, -0.25) is 4.68 Å². The third kappa shape index (κ3) is 1.60. The van der Waals surface area contributed by atoms with Gasteiger partial charge in [-0.25, -0.2) is 0 Å². The second-order valence-electron chi connectivity index (χ2n) is 4.76. The van der Waals surface area contributed by atoms with Gasteiger partial charge in [0.15, 0.2) is 0 Å². The highest BCUT2D eigenvalue weighted by Gasteiger charge is 2.52. The Hall–Kier alpha value is -0.805. The number of aromatic nitrogens is 2. The topological polar surface area (TPSA) is 36.3 Å². The molecule has 0 atom stereocenters. The highest BCUT2D eigenvalue weighted by atomic mass is 16.7. The molecule has 0 unspecified atom stereocenters. The lowest BCUT2D eigenvalue weighted by atomic mass is 9.85. The summed E-state index contributed by atoms with van der Waals surface area (Å²) in [5.74, 6) is 0. The fourth-order valence-corrected chi connectivity index (χ4v) is 1.46. The minimum absolute atomic E-state index is 0.411. The first-order valence-corrected chi connectivity index (χ1v) is 4.95. The molecule has 0 aliphatic carbocycles. The summed E-state index contributed by atoms with van der Waals surface area (Å²) in [4.78, 5) is 0. The number of hydrogen-bond acceptors (Lipinski definition) is 3. The fourth-order valence-electron chi connectivity index (χ4n) is 1.46. The van der Waals surface area contributed by atoms with Crippen LogP contribution >= 0.6 is 0 Å². The van der Waals surface area contributed by atoms with E-state index < -0.39 is 25.3 Å². The van der Waals surface area contributed by atoms with Gasteiger partial charge in [0, 0.05) is 17.3 Å². The van der Waals surface area contributed by atoms with Gasteiger partial charge in [-0.2, -0.15) is 5.10 Å². The Labute approximate surface area is 94.9 Å². The zero-order chi connectivity index (χ0) is 13.8. The van der Waals surface area contributed by atoms with Crippen molar-refractivity contribution in [3.63, 3.8) is 0 Å². The van der Waals surface area contributed by atoms with Gasteiger partial charge in [-0.1, -0.05) is 0 Å². The molecule has 1 saturated heterocycles. The van der Waals surface area contributed by atoms with Crippen LogP contribution in [-0.4, -0.2) is 28.1 Å². The third-order valence-electron chi connectivity index (χ3n) is 3.17. The van der Waals surface area contributed by atoms with Crippen LogP contribution in [0.4, 0.5) is 0 Å². The summed E-state index contributed by atoms with van der Waals surface area (Å²) in [7, 11) is -0.710. The van der Waals surface area contributed by atoms with Crippen molar-refractivity contribution in [1.29, 1.82) is 0 Å². The average molecular weight is 211 g/mol. The van der Waals surface area contributed by atoms with Gasteiger partial charge < -0.3 is 9.31 Å². The van der Waals surface area contributed by atoms with E-state index in [-0.39, 0.29) is 0 Å². The lowest BCUT2D eigenvalue weighted by molar-refractivity contribution is 0.00578. The Morgan fingerprint density at radius 3 is 2.47 bits per heavy atom. The van der Waals surface area contributed by atoms with Crippen molar-refractivity contribution in [3.05, 3.63) is 12.3 Å². The van der Waals surface area contributed by atoms with Crippen molar-refractivity contribution >= 4 is 12.7 Å². The molecule has 4 nitrogen and oxygen atoms in total. The Balaban J connectivity index is 2.34. The summed E-state index contributed by atoms with van der Waals surface area (Å²) in [6.07, 6.45) is 1.44. The van der Waals surface area contributed by atoms with E-state index in [4.69, 9.17) is 13.4 Å². The number of rotatable bonds is 1. The fraction of sp³-hybridized carbons (Fsp3) is 0.700. The van der Waals surface area contributed by atoms with Crippen LogP contribution in [0.15, 0.2) is 12.3 Å². The first-order valence-electron chi connectivity index (χ1n) is 6.45. The molecule has 2 heterocycles. The third-order valence-corrected chi connectivity index (χ3v) is 3.17. The SMILES string of the molecule is [2H]C([2H])([2H])n1nccc1B1OC(C)(C)C(C)(C)O1. The van der Waals surface area contributed by atoms with Gasteiger partial charge in [0.05, 0.1) is 16.8 Å². The van der Waals surface area contributed by atoms with E-state index in [2.05, 4.69) is 5.10 Å². The summed E-state index contributed by atoms with van der Waals surface area (Å²) in [5, 5.41) is 3.82. The molecule has 82 valence electrons. The zero-order valence-electron chi connectivity index (χ0n) is 12.4. The van der Waals surface area contributed by atoms with Crippen LogP contribution in [0.3, 0.4) is 0 Å². The predicted octanol–water partition coefficient (Wildman–Crippen LogP) is 0.719. The van der Waals surface area contributed by atoms with Crippen molar-refractivity contribution in [3.8, 4) is 0 Å². The normalized spacial score (nSPS) is 27.2. The quantitative estimate of drug-likeness (QED) is 0.642. The predicted molar refractivity (Wildman–Crippen MR) is 58.9 cm³/mol. The minimum Gasteiger partial charge on any atom is -0.398 e. The number of nitrogens with zero attached hydrogens (tertiary/aromatic N) is 2. The first-order chi connectivity index (χ1) is 8.05. The molecule has 1 aromatic heterocycles. The maximum absolute atomic E-state index is 7.41. The molecular weight excluding hydrogens is 191 g/mol. The molecule has 1 aliphatic heterocycles. The molecule has 5 heteroatoms. The van der Waals surface area contributed by atoms with Gasteiger partial charge in [0.2, 0.25) is 0 Å². The van der Waals surface area contributed by atoms with E-state index in [1.807, 2.05) is 27.7 Å². The molecule has 1 aromatic rings. The van der Waals surface area contributed by atoms with Crippen LogP contribution in [-0.2, 0) is 16.3 Å². The Morgan fingerprint density at radius 1 is 1.33 bits per heavy atom. The maximum atomic E-state index is 7.41. The second kappa shape index (κ2) is 3.09. The highest BCUT2D eigenvalue weighted by Crippen LogP contribution is 2.36. The second-order valence-corrected chi connectivity index (χ2v) is 4.76. The van der Waals surface area contributed by atoms with Crippen LogP contribution in [0.1, 0.15) is 31.8 Å². The summed E-state index contributed by atoms with van der Waals surface area (Å²) in [6, 6.07) is 1.61. The summed E-state index contributed by atoms with van der Waals surface area (Å²) >= 11 is 0. The smallest absolute Gasteiger partial charge is 0.398 e. The summed E-state index contributed by atoms with van der Waals surface area (Å²) in [5.41, 5.74) is -0.586. The molecule has 15 heavy (non-hydrogen) atoms. The summed E-state index contributed by atoms with van der Waals surface area (Å²) in [6.45, 7) is 5.35. The molecule has 0 bridgehead atoms. The van der Waals surface area contributed by atoms with Gasteiger partial charge in [0.1, 0.15) is 0 Å². The van der Waals surface area contributed by atoms with Crippen LogP contribution in [0, 0.1) is 0 Å². The van der Waals surface area contributed by atoms with Gasteiger partial charge >= 0.3 is 7.12 Å². The first kappa shape index (κ1) is 7.47. The van der Waals surface area contributed by atoms with E-state index in [1.54, 1.807) is 6.07 Å². The maximum Gasteiger partial charge on any atom is 0.514 e. The van der Waals surface area contributed by atoms with Crippen molar-refractivity contribution in [2.75, 3.05) is 0 Å². The van der Waals surface area contributed by atoms with Gasteiger partial charge in [-0.15, -0.1) is 0 Å². The molecule has 0 N–H and O–H groups in total. The van der Waals surface area contributed by atoms with E-state index >= 15 is 0 Å². The number of hydrogen-bond donors (Lipinski definition) is 0. The van der Waals surface area contributed by atoms with Gasteiger partial charge in [-0.05, 0) is 33.8 Å². The van der Waals surface area contributed by atoms with Crippen molar-refractivity contribution in [1.82, 2.24) is 9.78 Å². The van der Waals surface area contributed by atoms with Crippen molar-refractivity contribution in [2.24, 2.45) is 6.98 Å². The number of aryl methyl sites for hydroxylation is 1. The highest BCUT2D eigenvalue weighted by molar-refractivity contribution is 6.61. The standard InChI is InChI=1S/C10H17BN2O2/c1-9(2)10(3,4)15-11(14-9)8-6-7-12-13(8)5/h6-7H,1-5H3/i5D3. The van der Waals surface area contributed by atoms with E-state index in [0.29, 0.717) is 5.59 Å².